The van der Waals surface area contributed by atoms with Crippen molar-refractivity contribution in [1.29, 1.82) is 0 Å². The number of methoxy groups -OCH3 is 1. The van der Waals surface area contributed by atoms with Crippen molar-refractivity contribution in [2.75, 3.05) is 34.8 Å². The van der Waals surface area contributed by atoms with Crippen LogP contribution in [-0.4, -0.2) is 56.4 Å². The summed E-state index contributed by atoms with van der Waals surface area (Å²) in [4.78, 5) is 26.5. The van der Waals surface area contributed by atoms with Crippen molar-refractivity contribution >= 4 is 11.8 Å². The van der Waals surface area contributed by atoms with E-state index in [1.807, 2.05) is 12.1 Å². The highest BCUT2D eigenvalue weighted by atomic mass is 16.5. The van der Waals surface area contributed by atoms with Crippen molar-refractivity contribution in [3.05, 3.63) is 35.4 Å². The van der Waals surface area contributed by atoms with E-state index in [0.717, 1.165) is 5.56 Å². The van der Waals surface area contributed by atoms with Crippen molar-refractivity contribution in [2.24, 2.45) is 0 Å². The van der Waals surface area contributed by atoms with Gasteiger partial charge in [0.2, 0.25) is 5.91 Å². The van der Waals surface area contributed by atoms with Crippen LogP contribution in [0.2, 0.25) is 0 Å². The van der Waals surface area contributed by atoms with Crippen molar-refractivity contribution in [3.63, 3.8) is 0 Å². The van der Waals surface area contributed by atoms with Gasteiger partial charge in [-0.25, -0.2) is 0 Å². The summed E-state index contributed by atoms with van der Waals surface area (Å²) >= 11 is 0. The van der Waals surface area contributed by atoms with E-state index >= 15 is 0 Å². The van der Waals surface area contributed by atoms with Crippen LogP contribution in [0.4, 0.5) is 0 Å². The predicted molar refractivity (Wildman–Crippen MR) is 72.8 cm³/mol. The molecule has 0 fully saturated rings. The molecule has 5 nitrogen and oxygen atoms in total. The van der Waals surface area contributed by atoms with Crippen LogP contribution in [0, 0.1) is 0 Å². The molecule has 0 spiro atoms. The number of likely N-dealkylation sites (N-methyl/N-ethyl adjacent to an activating group) is 2. The van der Waals surface area contributed by atoms with Crippen LogP contribution < -0.4 is 0 Å². The quantitative estimate of drug-likeness (QED) is 0.797. The summed E-state index contributed by atoms with van der Waals surface area (Å²) in [6.45, 7) is 0.592. The minimum atomic E-state index is -0.167. The summed E-state index contributed by atoms with van der Waals surface area (Å²) in [5.41, 5.74) is 1.57. The van der Waals surface area contributed by atoms with Gasteiger partial charge in [-0.05, 0) is 17.7 Å². The van der Waals surface area contributed by atoms with Crippen LogP contribution in [0.15, 0.2) is 24.3 Å². The van der Waals surface area contributed by atoms with Crippen LogP contribution in [0.5, 0.6) is 0 Å². The number of hydrogen-bond donors (Lipinski definition) is 0. The first-order valence-corrected chi connectivity index (χ1v) is 5.99. The number of ether oxygens (including phenoxy) is 1. The highest BCUT2D eigenvalue weighted by Crippen LogP contribution is 2.08. The number of benzene rings is 1. The number of carbonyl (C=O) groups is 2. The van der Waals surface area contributed by atoms with E-state index < -0.39 is 0 Å². The summed E-state index contributed by atoms with van der Waals surface area (Å²) in [6.07, 6.45) is 0. The Balaban J connectivity index is 2.68. The average Bonchev–Trinajstić information content (AvgIpc) is 2.39. The van der Waals surface area contributed by atoms with Crippen molar-refractivity contribution in [2.45, 2.75) is 6.61 Å². The minimum absolute atomic E-state index is 0.0751. The van der Waals surface area contributed by atoms with Crippen molar-refractivity contribution in [1.82, 2.24) is 9.80 Å². The number of carbonyl (C=O) groups excluding carboxylic acids is 2. The van der Waals surface area contributed by atoms with Crippen LogP contribution in [0.3, 0.4) is 0 Å². The molecular weight excluding hydrogens is 244 g/mol. The largest absolute Gasteiger partial charge is 0.380 e. The van der Waals surface area contributed by atoms with Crippen molar-refractivity contribution in [3.8, 4) is 0 Å². The molecule has 0 radical (unpaired) electrons. The Hall–Kier alpha value is -1.88. The molecule has 0 atom stereocenters. The van der Waals surface area contributed by atoms with E-state index in [9.17, 15) is 9.59 Å². The molecular formula is C14H20N2O3. The number of amides is 2. The van der Waals surface area contributed by atoms with E-state index in [1.54, 1.807) is 40.4 Å². The smallest absolute Gasteiger partial charge is 0.254 e. The zero-order valence-corrected chi connectivity index (χ0v) is 11.8. The third-order valence-electron chi connectivity index (χ3n) is 2.73. The monoisotopic (exact) mass is 264 g/mol. The first-order valence-electron chi connectivity index (χ1n) is 5.99. The Morgan fingerprint density at radius 3 is 2.16 bits per heavy atom. The second-order valence-electron chi connectivity index (χ2n) is 4.58. The second kappa shape index (κ2) is 6.89. The second-order valence-corrected chi connectivity index (χ2v) is 4.58. The maximum atomic E-state index is 12.1. The Labute approximate surface area is 113 Å². The molecule has 2 amide bonds. The van der Waals surface area contributed by atoms with Crippen LogP contribution in [-0.2, 0) is 16.1 Å². The van der Waals surface area contributed by atoms with Gasteiger partial charge in [0, 0.05) is 33.8 Å². The highest BCUT2D eigenvalue weighted by molar-refractivity contribution is 5.96. The normalized spacial score (nSPS) is 10.1. The molecule has 0 bridgehead atoms. The number of nitrogens with zero attached hydrogens (tertiary/aromatic N) is 2. The third kappa shape index (κ3) is 4.37. The summed E-state index contributed by atoms with van der Waals surface area (Å²) < 4.78 is 5.01. The fraction of sp³-hybridized carbons (Fsp3) is 0.429. The van der Waals surface area contributed by atoms with Gasteiger partial charge in [-0.2, -0.15) is 0 Å². The molecule has 0 aliphatic heterocycles. The molecule has 0 N–H and O–H groups in total. The Morgan fingerprint density at radius 2 is 1.68 bits per heavy atom. The molecule has 0 saturated heterocycles. The maximum Gasteiger partial charge on any atom is 0.254 e. The molecule has 5 heteroatoms. The Bertz CT molecular complexity index is 441. The van der Waals surface area contributed by atoms with Gasteiger partial charge in [0.25, 0.3) is 5.91 Å². The molecule has 1 aromatic carbocycles. The predicted octanol–water partition coefficient (Wildman–Crippen LogP) is 0.993. The fourth-order valence-electron chi connectivity index (χ4n) is 1.55. The summed E-state index contributed by atoms with van der Waals surface area (Å²) in [6, 6.07) is 7.18. The molecule has 0 aliphatic carbocycles. The van der Waals surface area contributed by atoms with Crippen LogP contribution in [0.25, 0.3) is 0 Å². The van der Waals surface area contributed by atoms with E-state index in [1.165, 1.54) is 9.80 Å². The number of rotatable bonds is 5. The van der Waals surface area contributed by atoms with Crippen LogP contribution in [0.1, 0.15) is 15.9 Å². The Kier molecular flexibility index (Phi) is 5.51. The van der Waals surface area contributed by atoms with Crippen LogP contribution >= 0.6 is 0 Å². The molecule has 1 rings (SSSR count). The van der Waals surface area contributed by atoms with Gasteiger partial charge in [0.1, 0.15) is 0 Å². The maximum absolute atomic E-state index is 12.1. The Morgan fingerprint density at radius 1 is 1.11 bits per heavy atom. The van der Waals surface area contributed by atoms with Gasteiger partial charge in [-0.1, -0.05) is 12.1 Å². The zero-order valence-electron chi connectivity index (χ0n) is 11.8. The molecule has 0 aliphatic rings. The molecule has 1 aromatic rings. The first kappa shape index (κ1) is 15.2. The van der Waals surface area contributed by atoms with Gasteiger partial charge < -0.3 is 14.5 Å². The van der Waals surface area contributed by atoms with E-state index in [-0.39, 0.29) is 18.4 Å². The van der Waals surface area contributed by atoms with Crippen molar-refractivity contribution < 1.29 is 14.3 Å². The van der Waals surface area contributed by atoms with E-state index in [2.05, 4.69) is 0 Å². The topological polar surface area (TPSA) is 49.9 Å². The highest BCUT2D eigenvalue weighted by Gasteiger charge is 2.15. The lowest BCUT2D eigenvalue weighted by Gasteiger charge is -2.19. The molecule has 104 valence electrons. The van der Waals surface area contributed by atoms with Gasteiger partial charge in [-0.15, -0.1) is 0 Å². The third-order valence-corrected chi connectivity index (χ3v) is 2.73. The van der Waals surface area contributed by atoms with Gasteiger partial charge in [0.05, 0.1) is 13.2 Å². The zero-order chi connectivity index (χ0) is 14.4. The molecule has 0 saturated carbocycles. The van der Waals surface area contributed by atoms with Gasteiger partial charge in [0.15, 0.2) is 0 Å². The van der Waals surface area contributed by atoms with Gasteiger partial charge >= 0.3 is 0 Å². The van der Waals surface area contributed by atoms with Gasteiger partial charge in [-0.3, -0.25) is 9.59 Å². The lowest BCUT2D eigenvalue weighted by molar-refractivity contribution is -0.129. The minimum Gasteiger partial charge on any atom is -0.380 e. The molecule has 0 unspecified atom stereocenters. The fourth-order valence-corrected chi connectivity index (χ4v) is 1.55. The summed E-state index contributed by atoms with van der Waals surface area (Å²) in [7, 11) is 6.58. The number of hydrogen-bond acceptors (Lipinski definition) is 3. The molecule has 0 aromatic heterocycles. The molecule has 19 heavy (non-hydrogen) atoms. The summed E-state index contributed by atoms with van der Waals surface area (Å²) in [5.74, 6) is -0.272. The summed E-state index contributed by atoms with van der Waals surface area (Å²) in [5, 5.41) is 0. The standard InChI is InChI=1S/C14H20N2O3/c1-15(2)13(17)9-16(3)14(18)12-7-5-11(6-8-12)10-19-4/h5-8H,9-10H2,1-4H3. The lowest BCUT2D eigenvalue weighted by atomic mass is 10.1. The lowest BCUT2D eigenvalue weighted by Crippen LogP contribution is -2.37. The van der Waals surface area contributed by atoms with E-state index in [0.29, 0.717) is 12.2 Å². The SMILES string of the molecule is COCc1ccc(C(=O)N(C)CC(=O)N(C)C)cc1. The average molecular weight is 264 g/mol. The molecule has 0 heterocycles. The first-order chi connectivity index (χ1) is 8.95. The van der Waals surface area contributed by atoms with E-state index in [4.69, 9.17) is 4.74 Å².